The van der Waals surface area contributed by atoms with Gasteiger partial charge in [-0.05, 0) is 41.8 Å². The van der Waals surface area contributed by atoms with Gasteiger partial charge in [0.25, 0.3) is 0 Å². The third-order valence-corrected chi connectivity index (χ3v) is 2.84. The summed E-state index contributed by atoms with van der Waals surface area (Å²) in [6.45, 7) is 0. The molecule has 1 atom stereocenters. The van der Waals surface area contributed by atoms with Gasteiger partial charge in [-0.3, -0.25) is 0 Å². The van der Waals surface area contributed by atoms with Gasteiger partial charge in [0.2, 0.25) is 0 Å². The Labute approximate surface area is 112 Å². The van der Waals surface area contributed by atoms with Crippen LogP contribution >= 0.6 is 0 Å². The molecule has 0 saturated carbocycles. The molecule has 0 aliphatic carbocycles. The average molecular weight is 256 g/mol. The van der Waals surface area contributed by atoms with Crippen molar-refractivity contribution < 1.29 is 15.3 Å². The van der Waals surface area contributed by atoms with E-state index in [2.05, 4.69) is 0 Å². The van der Waals surface area contributed by atoms with Crippen LogP contribution in [0.15, 0.2) is 54.6 Å². The van der Waals surface area contributed by atoms with Gasteiger partial charge in [0.05, 0.1) is 6.10 Å². The van der Waals surface area contributed by atoms with Crippen LogP contribution in [0.3, 0.4) is 0 Å². The first kappa shape index (κ1) is 13.2. The smallest absolute Gasteiger partial charge is 0.115 e. The zero-order valence-corrected chi connectivity index (χ0v) is 10.4. The Kier molecular flexibility index (Phi) is 4.21. The largest absolute Gasteiger partial charge is 0.508 e. The van der Waals surface area contributed by atoms with E-state index in [1.165, 1.54) is 0 Å². The number of rotatable bonds is 4. The molecule has 0 spiro atoms. The lowest BCUT2D eigenvalue weighted by Gasteiger charge is -2.08. The number of hydrogen-bond donors (Lipinski definition) is 3. The first-order chi connectivity index (χ1) is 9.15. The maximum atomic E-state index is 9.96. The Hall–Kier alpha value is -2.26. The molecule has 0 aliphatic rings. The first-order valence-electron chi connectivity index (χ1n) is 6.08. The Balaban J connectivity index is 1.94. The van der Waals surface area contributed by atoms with Gasteiger partial charge in [0, 0.05) is 0 Å². The van der Waals surface area contributed by atoms with Crippen LogP contribution in [0.2, 0.25) is 0 Å². The summed E-state index contributed by atoms with van der Waals surface area (Å²) in [6.07, 6.45) is 3.67. The second kappa shape index (κ2) is 6.07. The van der Waals surface area contributed by atoms with Gasteiger partial charge in [-0.15, -0.1) is 0 Å². The van der Waals surface area contributed by atoms with Crippen molar-refractivity contribution in [2.24, 2.45) is 0 Å². The van der Waals surface area contributed by atoms with Crippen LogP contribution in [-0.2, 0) is 0 Å². The van der Waals surface area contributed by atoms with Crippen molar-refractivity contribution in [1.82, 2.24) is 0 Å². The molecule has 2 aromatic carbocycles. The van der Waals surface area contributed by atoms with Crippen LogP contribution in [0, 0.1) is 0 Å². The first-order valence-corrected chi connectivity index (χ1v) is 6.08. The maximum Gasteiger partial charge on any atom is 0.115 e. The predicted molar refractivity (Wildman–Crippen MR) is 74.8 cm³/mol. The molecule has 98 valence electrons. The van der Waals surface area contributed by atoms with Gasteiger partial charge < -0.3 is 15.3 Å². The fourth-order valence-corrected chi connectivity index (χ4v) is 1.75. The Morgan fingerprint density at radius 2 is 1.37 bits per heavy atom. The van der Waals surface area contributed by atoms with Crippen molar-refractivity contribution in [3.8, 4) is 11.5 Å². The van der Waals surface area contributed by atoms with Crippen molar-refractivity contribution in [3.05, 3.63) is 65.7 Å². The van der Waals surface area contributed by atoms with E-state index in [1.807, 2.05) is 12.2 Å². The molecule has 2 rings (SSSR count). The third-order valence-electron chi connectivity index (χ3n) is 2.84. The van der Waals surface area contributed by atoms with Crippen molar-refractivity contribution in [2.75, 3.05) is 0 Å². The van der Waals surface area contributed by atoms with Crippen molar-refractivity contribution >= 4 is 6.08 Å². The molecule has 0 fully saturated rings. The lowest BCUT2D eigenvalue weighted by molar-refractivity contribution is 0.181. The standard InChI is InChI=1S/C16H16O3/c17-14-8-4-12(5-9-14)2-1-3-16(19)13-6-10-15(18)11-7-13/h1-2,4-11,16-19H,3H2. The van der Waals surface area contributed by atoms with E-state index >= 15 is 0 Å². The van der Waals surface area contributed by atoms with E-state index in [4.69, 9.17) is 10.2 Å². The summed E-state index contributed by atoms with van der Waals surface area (Å²) in [5, 5.41) is 28.3. The summed E-state index contributed by atoms with van der Waals surface area (Å²) >= 11 is 0. The molecule has 0 aromatic heterocycles. The highest BCUT2D eigenvalue weighted by Crippen LogP contribution is 2.20. The quantitative estimate of drug-likeness (QED) is 0.787. The molecule has 0 radical (unpaired) electrons. The zero-order chi connectivity index (χ0) is 13.7. The number of benzene rings is 2. The van der Waals surface area contributed by atoms with Crippen molar-refractivity contribution in [3.63, 3.8) is 0 Å². The number of phenols is 2. The highest BCUT2D eigenvalue weighted by atomic mass is 16.3. The van der Waals surface area contributed by atoms with Crippen LogP contribution in [0.25, 0.3) is 6.08 Å². The lowest BCUT2D eigenvalue weighted by Crippen LogP contribution is -1.94. The van der Waals surface area contributed by atoms with Gasteiger partial charge in [0.1, 0.15) is 11.5 Å². The van der Waals surface area contributed by atoms with E-state index in [0.29, 0.717) is 6.42 Å². The van der Waals surface area contributed by atoms with Gasteiger partial charge in [-0.2, -0.15) is 0 Å². The Morgan fingerprint density at radius 3 is 1.95 bits per heavy atom. The number of hydrogen-bond acceptors (Lipinski definition) is 3. The normalized spacial score (nSPS) is 12.7. The van der Waals surface area contributed by atoms with Crippen molar-refractivity contribution in [2.45, 2.75) is 12.5 Å². The van der Waals surface area contributed by atoms with Gasteiger partial charge >= 0.3 is 0 Å². The van der Waals surface area contributed by atoms with E-state index < -0.39 is 6.10 Å². The van der Waals surface area contributed by atoms with Gasteiger partial charge in [-0.25, -0.2) is 0 Å². The van der Waals surface area contributed by atoms with E-state index in [9.17, 15) is 5.11 Å². The van der Waals surface area contributed by atoms with Crippen LogP contribution < -0.4 is 0 Å². The van der Waals surface area contributed by atoms with E-state index in [0.717, 1.165) is 11.1 Å². The molecular formula is C16H16O3. The molecule has 0 amide bonds. The Morgan fingerprint density at radius 1 is 0.842 bits per heavy atom. The predicted octanol–water partition coefficient (Wildman–Crippen LogP) is 3.23. The number of aliphatic hydroxyl groups excluding tert-OH is 1. The molecule has 0 aliphatic heterocycles. The van der Waals surface area contributed by atoms with Gasteiger partial charge in [-0.1, -0.05) is 36.4 Å². The Bertz CT molecular complexity index is 541. The van der Waals surface area contributed by atoms with Crippen LogP contribution in [0.5, 0.6) is 11.5 Å². The number of aromatic hydroxyl groups is 2. The maximum absolute atomic E-state index is 9.96. The second-order valence-corrected chi connectivity index (χ2v) is 4.34. The summed E-state index contributed by atoms with van der Waals surface area (Å²) in [5.74, 6) is 0.428. The summed E-state index contributed by atoms with van der Waals surface area (Å²) in [7, 11) is 0. The van der Waals surface area contributed by atoms with Crippen LogP contribution in [0.4, 0.5) is 0 Å². The highest BCUT2D eigenvalue weighted by Gasteiger charge is 2.04. The zero-order valence-electron chi connectivity index (χ0n) is 10.4. The number of phenolic OH excluding ortho intramolecular Hbond substituents is 2. The minimum absolute atomic E-state index is 0.190. The van der Waals surface area contributed by atoms with E-state index in [1.54, 1.807) is 48.5 Å². The SMILES string of the molecule is Oc1ccc(C=CCC(O)c2ccc(O)cc2)cc1. The minimum Gasteiger partial charge on any atom is -0.508 e. The molecule has 2 aromatic rings. The van der Waals surface area contributed by atoms with Gasteiger partial charge in [0.15, 0.2) is 0 Å². The molecular weight excluding hydrogens is 240 g/mol. The summed E-state index contributed by atoms with van der Waals surface area (Å²) in [5.41, 5.74) is 1.74. The summed E-state index contributed by atoms with van der Waals surface area (Å²) in [4.78, 5) is 0. The molecule has 3 heteroatoms. The molecule has 0 bridgehead atoms. The fourth-order valence-electron chi connectivity index (χ4n) is 1.75. The number of aliphatic hydroxyl groups is 1. The second-order valence-electron chi connectivity index (χ2n) is 4.34. The molecule has 0 heterocycles. The third kappa shape index (κ3) is 3.86. The molecule has 1 unspecified atom stereocenters. The molecule has 3 nitrogen and oxygen atoms in total. The highest BCUT2D eigenvalue weighted by molar-refractivity contribution is 5.50. The van der Waals surface area contributed by atoms with E-state index in [-0.39, 0.29) is 11.5 Å². The summed E-state index contributed by atoms with van der Waals surface area (Å²) < 4.78 is 0. The molecule has 19 heavy (non-hydrogen) atoms. The average Bonchev–Trinajstić information content (AvgIpc) is 2.41. The lowest BCUT2D eigenvalue weighted by atomic mass is 10.1. The topological polar surface area (TPSA) is 60.7 Å². The monoisotopic (exact) mass is 256 g/mol. The van der Waals surface area contributed by atoms with Crippen molar-refractivity contribution in [1.29, 1.82) is 0 Å². The fraction of sp³-hybridized carbons (Fsp3) is 0.125. The van der Waals surface area contributed by atoms with Crippen LogP contribution in [0.1, 0.15) is 23.7 Å². The summed E-state index contributed by atoms with van der Waals surface area (Å²) in [6, 6.07) is 13.4. The molecule has 0 saturated heterocycles. The molecule has 3 N–H and O–H groups in total. The van der Waals surface area contributed by atoms with Crippen LogP contribution in [-0.4, -0.2) is 15.3 Å². The minimum atomic E-state index is -0.589.